The first-order valence-corrected chi connectivity index (χ1v) is 2.86. The molecule has 0 unspecified atom stereocenters. The Hall–Kier alpha value is -1.54. The summed E-state index contributed by atoms with van der Waals surface area (Å²) >= 11 is 0. The Morgan fingerprint density at radius 3 is 1.90 bits per heavy atom. The van der Waals surface area contributed by atoms with Crippen molar-refractivity contribution in [1.82, 2.24) is 0 Å². The summed E-state index contributed by atoms with van der Waals surface area (Å²) in [5.41, 5.74) is 1.21. The van der Waals surface area contributed by atoms with Gasteiger partial charge in [0.25, 0.3) is 0 Å². The molecule has 0 aromatic carbocycles. The van der Waals surface area contributed by atoms with E-state index in [9.17, 15) is 0 Å². The summed E-state index contributed by atoms with van der Waals surface area (Å²) in [6, 6.07) is 3.52. The van der Waals surface area contributed by atoms with Gasteiger partial charge in [0.1, 0.15) is 17.7 Å². The van der Waals surface area contributed by atoms with Crippen molar-refractivity contribution in [2.24, 2.45) is 0 Å². The minimum Gasteiger partial charge on any atom is -0.192 e. The molecule has 0 rings (SSSR count). The summed E-state index contributed by atoms with van der Waals surface area (Å²) in [6.45, 7) is 3.81. The SMILES string of the molecule is CC(C)=CC=C(C#N)C#N. The van der Waals surface area contributed by atoms with Crippen LogP contribution < -0.4 is 0 Å². The first-order valence-electron chi connectivity index (χ1n) is 2.86. The van der Waals surface area contributed by atoms with Gasteiger partial charge in [-0.2, -0.15) is 10.5 Å². The highest BCUT2D eigenvalue weighted by molar-refractivity contribution is 5.38. The minimum atomic E-state index is 0.140. The molecule has 10 heavy (non-hydrogen) atoms. The lowest BCUT2D eigenvalue weighted by molar-refractivity contribution is 1.39. The molecule has 0 saturated heterocycles. The molecule has 0 saturated carbocycles. The molecule has 0 aromatic heterocycles. The average Bonchev–Trinajstić information content (AvgIpc) is 1.90. The molecule has 0 bridgehead atoms. The number of nitriles is 2. The van der Waals surface area contributed by atoms with Crippen LogP contribution in [0.5, 0.6) is 0 Å². The predicted octanol–water partition coefficient (Wildman–Crippen LogP) is 1.93. The topological polar surface area (TPSA) is 47.6 Å². The van der Waals surface area contributed by atoms with Gasteiger partial charge in [0.05, 0.1) is 0 Å². The number of rotatable bonds is 1. The van der Waals surface area contributed by atoms with Crippen LogP contribution in [0.1, 0.15) is 13.8 Å². The molecule has 0 heterocycles. The predicted molar refractivity (Wildman–Crippen MR) is 38.7 cm³/mol. The third kappa shape index (κ3) is 3.46. The summed E-state index contributed by atoms with van der Waals surface area (Å²) in [4.78, 5) is 0. The summed E-state index contributed by atoms with van der Waals surface area (Å²) in [5, 5.41) is 16.5. The van der Waals surface area contributed by atoms with Crippen LogP contribution in [0.3, 0.4) is 0 Å². The van der Waals surface area contributed by atoms with Gasteiger partial charge in [0, 0.05) is 0 Å². The third-order valence-electron chi connectivity index (χ3n) is 0.824. The second-order valence-electron chi connectivity index (χ2n) is 2.05. The van der Waals surface area contributed by atoms with Crippen LogP contribution in [0, 0.1) is 22.7 Å². The maximum absolute atomic E-state index is 8.27. The lowest BCUT2D eigenvalue weighted by atomic mass is 10.2. The number of nitrogens with zero attached hydrogens (tertiary/aromatic N) is 2. The van der Waals surface area contributed by atoms with Gasteiger partial charge in [-0.05, 0) is 19.9 Å². The van der Waals surface area contributed by atoms with Gasteiger partial charge < -0.3 is 0 Å². The lowest BCUT2D eigenvalue weighted by Crippen LogP contribution is -1.69. The molecule has 0 aliphatic carbocycles. The molecule has 0 aliphatic heterocycles. The quantitative estimate of drug-likeness (QED) is 0.404. The fourth-order valence-corrected chi connectivity index (χ4v) is 0.350. The molecule has 2 heteroatoms. The molecular formula is C8H8N2. The Balaban J connectivity index is 4.36. The second kappa shape index (κ2) is 4.35. The van der Waals surface area contributed by atoms with Crippen molar-refractivity contribution in [2.45, 2.75) is 13.8 Å². The van der Waals surface area contributed by atoms with Crippen molar-refractivity contribution in [2.75, 3.05) is 0 Å². The van der Waals surface area contributed by atoms with Crippen molar-refractivity contribution in [1.29, 1.82) is 10.5 Å². The van der Waals surface area contributed by atoms with Crippen LogP contribution in [-0.4, -0.2) is 0 Å². The van der Waals surface area contributed by atoms with Crippen LogP contribution in [0.4, 0.5) is 0 Å². The van der Waals surface area contributed by atoms with E-state index in [1.165, 1.54) is 6.08 Å². The number of hydrogen-bond acceptors (Lipinski definition) is 2. The van der Waals surface area contributed by atoms with Crippen LogP contribution >= 0.6 is 0 Å². The highest BCUT2D eigenvalue weighted by Gasteiger charge is 1.85. The Bertz CT molecular complexity index is 225. The standard InChI is InChI=1S/C8H8N2/c1-7(2)3-4-8(5-9)6-10/h3-4H,1-2H3. The van der Waals surface area contributed by atoms with E-state index in [-0.39, 0.29) is 5.57 Å². The van der Waals surface area contributed by atoms with E-state index in [2.05, 4.69) is 0 Å². The number of allylic oxidation sites excluding steroid dienone is 4. The van der Waals surface area contributed by atoms with E-state index in [1.807, 2.05) is 13.8 Å². The van der Waals surface area contributed by atoms with Crippen molar-refractivity contribution in [3.8, 4) is 12.1 Å². The Kier molecular flexibility index (Phi) is 3.68. The van der Waals surface area contributed by atoms with Crippen molar-refractivity contribution < 1.29 is 0 Å². The van der Waals surface area contributed by atoms with Gasteiger partial charge in [-0.3, -0.25) is 0 Å². The van der Waals surface area contributed by atoms with E-state index < -0.39 is 0 Å². The van der Waals surface area contributed by atoms with E-state index in [0.717, 1.165) is 5.57 Å². The fraction of sp³-hybridized carbons (Fsp3) is 0.250. The Morgan fingerprint density at radius 2 is 1.60 bits per heavy atom. The van der Waals surface area contributed by atoms with Gasteiger partial charge >= 0.3 is 0 Å². The second-order valence-corrected chi connectivity index (χ2v) is 2.05. The normalized spacial score (nSPS) is 6.80. The molecule has 0 radical (unpaired) electrons. The van der Waals surface area contributed by atoms with Crippen molar-refractivity contribution >= 4 is 0 Å². The Morgan fingerprint density at radius 1 is 1.10 bits per heavy atom. The summed E-state index contributed by atoms with van der Waals surface area (Å²) < 4.78 is 0. The largest absolute Gasteiger partial charge is 0.192 e. The van der Waals surface area contributed by atoms with Gasteiger partial charge in [-0.25, -0.2) is 0 Å². The summed E-state index contributed by atoms with van der Waals surface area (Å²) in [6.07, 6.45) is 3.25. The fourth-order valence-electron chi connectivity index (χ4n) is 0.350. The first kappa shape index (κ1) is 8.46. The molecule has 0 fully saturated rings. The van der Waals surface area contributed by atoms with Gasteiger partial charge in [-0.15, -0.1) is 0 Å². The van der Waals surface area contributed by atoms with Gasteiger partial charge in [-0.1, -0.05) is 11.6 Å². The summed E-state index contributed by atoms with van der Waals surface area (Å²) in [7, 11) is 0. The minimum absolute atomic E-state index is 0.140. The highest BCUT2D eigenvalue weighted by Crippen LogP contribution is 1.94. The van der Waals surface area contributed by atoms with Crippen LogP contribution in [0.25, 0.3) is 0 Å². The maximum Gasteiger partial charge on any atom is 0.129 e. The molecular weight excluding hydrogens is 124 g/mol. The van der Waals surface area contributed by atoms with E-state index in [1.54, 1.807) is 18.2 Å². The van der Waals surface area contributed by atoms with Crippen LogP contribution in [0.2, 0.25) is 0 Å². The van der Waals surface area contributed by atoms with E-state index in [4.69, 9.17) is 10.5 Å². The molecule has 0 amide bonds. The zero-order chi connectivity index (χ0) is 7.98. The first-order chi connectivity index (χ1) is 4.70. The molecule has 0 N–H and O–H groups in total. The van der Waals surface area contributed by atoms with E-state index in [0.29, 0.717) is 0 Å². The van der Waals surface area contributed by atoms with Crippen molar-refractivity contribution in [3.05, 3.63) is 23.3 Å². The summed E-state index contributed by atoms with van der Waals surface area (Å²) in [5.74, 6) is 0. The molecule has 0 aromatic rings. The molecule has 0 atom stereocenters. The smallest absolute Gasteiger partial charge is 0.129 e. The van der Waals surface area contributed by atoms with Crippen LogP contribution in [0.15, 0.2) is 23.3 Å². The van der Waals surface area contributed by atoms with Crippen LogP contribution in [-0.2, 0) is 0 Å². The monoisotopic (exact) mass is 132 g/mol. The zero-order valence-corrected chi connectivity index (χ0v) is 6.05. The average molecular weight is 132 g/mol. The lowest BCUT2D eigenvalue weighted by Gasteiger charge is -1.80. The number of hydrogen-bond donors (Lipinski definition) is 0. The van der Waals surface area contributed by atoms with Crippen molar-refractivity contribution in [3.63, 3.8) is 0 Å². The molecule has 50 valence electrons. The maximum atomic E-state index is 8.27. The highest BCUT2D eigenvalue weighted by atomic mass is 14.3. The Labute approximate surface area is 60.7 Å². The molecule has 2 nitrogen and oxygen atoms in total. The third-order valence-corrected chi connectivity index (χ3v) is 0.824. The molecule has 0 spiro atoms. The van der Waals surface area contributed by atoms with E-state index >= 15 is 0 Å². The van der Waals surface area contributed by atoms with Gasteiger partial charge in [0.2, 0.25) is 0 Å². The van der Waals surface area contributed by atoms with Gasteiger partial charge in [0.15, 0.2) is 0 Å². The molecule has 0 aliphatic rings. The zero-order valence-electron chi connectivity index (χ0n) is 6.05.